The minimum absolute atomic E-state index is 0.145. The molecule has 0 radical (unpaired) electrons. The first-order valence-corrected chi connectivity index (χ1v) is 7.21. The number of nitrogens with zero attached hydrogens (tertiary/aromatic N) is 2. The minimum Gasteiger partial charge on any atom is -0.341 e. The van der Waals surface area contributed by atoms with E-state index >= 15 is 0 Å². The molecule has 3 N–H and O–H groups in total. The molecule has 0 aliphatic heterocycles. The zero-order valence-corrected chi connectivity index (χ0v) is 12.5. The van der Waals surface area contributed by atoms with E-state index in [0.29, 0.717) is 6.42 Å². The van der Waals surface area contributed by atoms with Crippen molar-refractivity contribution in [2.24, 2.45) is 12.8 Å². The average molecular weight is 286 g/mol. The van der Waals surface area contributed by atoms with Crippen LogP contribution in [-0.4, -0.2) is 21.5 Å². The van der Waals surface area contributed by atoms with Gasteiger partial charge in [-0.15, -0.1) is 0 Å². The van der Waals surface area contributed by atoms with Crippen LogP contribution in [0.4, 0.5) is 0 Å². The molecular weight excluding hydrogens is 264 g/mol. The molecule has 112 valence electrons. The number of aromatic nitrogens is 2. The number of carbonyl (C=O) groups is 1. The summed E-state index contributed by atoms with van der Waals surface area (Å²) in [6.45, 7) is 2.01. The van der Waals surface area contributed by atoms with Gasteiger partial charge in [0.15, 0.2) is 0 Å². The van der Waals surface area contributed by atoms with E-state index < -0.39 is 6.04 Å². The first kappa shape index (κ1) is 15.3. The molecule has 2 atom stereocenters. The molecular formula is C16H22N4O. The lowest BCUT2D eigenvalue weighted by Gasteiger charge is -2.21. The number of nitrogens with one attached hydrogen (secondary N) is 1. The van der Waals surface area contributed by atoms with E-state index in [1.807, 2.05) is 55.1 Å². The van der Waals surface area contributed by atoms with Gasteiger partial charge in [0.05, 0.1) is 6.04 Å². The summed E-state index contributed by atoms with van der Waals surface area (Å²) in [4.78, 5) is 16.6. The van der Waals surface area contributed by atoms with Crippen molar-refractivity contribution < 1.29 is 4.79 Å². The van der Waals surface area contributed by atoms with E-state index in [0.717, 1.165) is 17.8 Å². The van der Waals surface area contributed by atoms with Crippen molar-refractivity contribution in [2.75, 3.05) is 0 Å². The average Bonchev–Trinajstić information content (AvgIpc) is 2.91. The Hall–Kier alpha value is -2.14. The molecule has 2 rings (SSSR count). The molecule has 5 nitrogen and oxygen atoms in total. The second-order valence-electron chi connectivity index (χ2n) is 5.14. The van der Waals surface area contributed by atoms with Crippen molar-refractivity contribution in [1.82, 2.24) is 14.9 Å². The molecule has 0 spiro atoms. The predicted octanol–water partition coefficient (Wildman–Crippen LogP) is 1.75. The second-order valence-corrected chi connectivity index (χ2v) is 5.14. The Balaban J connectivity index is 2.26. The number of amides is 1. The predicted molar refractivity (Wildman–Crippen MR) is 82.5 cm³/mol. The first-order chi connectivity index (χ1) is 10.1. The summed E-state index contributed by atoms with van der Waals surface area (Å²) >= 11 is 0. The summed E-state index contributed by atoms with van der Waals surface area (Å²) in [5.74, 6) is 0.645. The van der Waals surface area contributed by atoms with E-state index in [-0.39, 0.29) is 11.9 Å². The van der Waals surface area contributed by atoms with E-state index in [4.69, 9.17) is 5.73 Å². The number of imidazole rings is 1. The third kappa shape index (κ3) is 3.70. The molecule has 0 bridgehead atoms. The van der Waals surface area contributed by atoms with Crippen LogP contribution in [-0.2, 0) is 11.8 Å². The summed E-state index contributed by atoms with van der Waals surface area (Å²) in [5, 5.41) is 3.01. The number of hydrogen-bond acceptors (Lipinski definition) is 3. The maximum Gasteiger partial charge on any atom is 0.237 e. The highest BCUT2D eigenvalue weighted by Crippen LogP contribution is 2.20. The van der Waals surface area contributed by atoms with Crippen LogP contribution in [0.15, 0.2) is 42.7 Å². The number of benzene rings is 1. The van der Waals surface area contributed by atoms with Crippen LogP contribution in [0.1, 0.15) is 37.2 Å². The fraction of sp³-hybridized carbons (Fsp3) is 0.375. The molecule has 0 aliphatic carbocycles. The molecule has 1 amide bonds. The van der Waals surface area contributed by atoms with Crippen molar-refractivity contribution in [3.05, 3.63) is 54.1 Å². The Bertz CT molecular complexity index is 579. The molecule has 21 heavy (non-hydrogen) atoms. The third-order valence-electron chi connectivity index (χ3n) is 3.47. The number of carbonyl (C=O) groups excluding carboxylic acids is 1. The van der Waals surface area contributed by atoms with Gasteiger partial charge < -0.3 is 15.6 Å². The molecule has 2 aromatic rings. The molecule has 1 aromatic carbocycles. The Kier molecular flexibility index (Phi) is 5.11. The molecule has 0 saturated heterocycles. The Morgan fingerprint density at radius 2 is 2.10 bits per heavy atom. The number of rotatable bonds is 6. The van der Waals surface area contributed by atoms with Crippen LogP contribution in [0.2, 0.25) is 0 Å². The van der Waals surface area contributed by atoms with Crippen molar-refractivity contribution in [3.8, 4) is 0 Å². The SMILES string of the molecule is CCC[C@@H](N)C(=O)NC(c1ccccc1)c1nccn1C. The highest BCUT2D eigenvalue weighted by molar-refractivity contribution is 5.82. The fourth-order valence-corrected chi connectivity index (χ4v) is 2.29. The van der Waals surface area contributed by atoms with Crippen molar-refractivity contribution in [3.63, 3.8) is 0 Å². The summed E-state index contributed by atoms with van der Waals surface area (Å²) in [5.41, 5.74) is 6.90. The van der Waals surface area contributed by atoms with Gasteiger partial charge in [-0.25, -0.2) is 4.98 Å². The normalized spacial score (nSPS) is 13.7. The van der Waals surface area contributed by atoms with Crippen molar-refractivity contribution in [2.45, 2.75) is 31.8 Å². The van der Waals surface area contributed by atoms with Gasteiger partial charge in [0, 0.05) is 19.4 Å². The van der Waals surface area contributed by atoms with Crippen LogP contribution in [0.5, 0.6) is 0 Å². The van der Waals surface area contributed by atoms with Gasteiger partial charge in [-0.05, 0) is 12.0 Å². The molecule has 1 unspecified atom stereocenters. The number of aryl methyl sites for hydroxylation is 1. The zero-order valence-electron chi connectivity index (χ0n) is 12.5. The highest BCUT2D eigenvalue weighted by atomic mass is 16.2. The van der Waals surface area contributed by atoms with E-state index in [2.05, 4.69) is 10.3 Å². The summed E-state index contributed by atoms with van der Waals surface area (Å²) < 4.78 is 1.91. The molecule has 0 saturated carbocycles. The van der Waals surface area contributed by atoms with Gasteiger partial charge >= 0.3 is 0 Å². The Labute approximate surface area is 125 Å². The van der Waals surface area contributed by atoms with E-state index in [1.54, 1.807) is 6.20 Å². The Morgan fingerprint density at radius 1 is 1.38 bits per heavy atom. The fourth-order valence-electron chi connectivity index (χ4n) is 2.29. The quantitative estimate of drug-likeness (QED) is 0.849. The molecule has 1 aromatic heterocycles. The summed E-state index contributed by atoms with van der Waals surface area (Å²) in [7, 11) is 1.91. The lowest BCUT2D eigenvalue weighted by atomic mass is 10.0. The molecule has 0 aliphatic rings. The standard InChI is InChI=1S/C16H22N4O/c1-3-7-13(17)16(21)19-14(12-8-5-4-6-9-12)15-18-10-11-20(15)2/h4-6,8-11,13-14H,3,7,17H2,1-2H3,(H,19,21)/t13-,14?/m1/s1. The van der Waals surface area contributed by atoms with Gasteiger partial charge in [-0.1, -0.05) is 43.7 Å². The Morgan fingerprint density at radius 3 is 2.67 bits per heavy atom. The van der Waals surface area contributed by atoms with E-state index in [9.17, 15) is 4.79 Å². The maximum atomic E-state index is 12.3. The van der Waals surface area contributed by atoms with Crippen LogP contribution < -0.4 is 11.1 Å². The topological polar surface area (TPSA) is 72.9 Å². The largest absolute Gasteiger partial charge is 0.341 e. The van der Waals surface area contributed by atoms with Crippen LogP contribution in [0, 0.1) is 0 Å². The molecule has 5 heteroatoms. The summed E-state index contributed by atoms with van der Waals surface area (Å²) in [6, 6.07) is 9.02. The minimum atomic E-state index is -0.485. The van der Waals surface area contributed by atoms with Crippen LogP contribution in [0.3, 0.4) is 0 Å². The maximum absolute atomic E-state index is 12.3. The lowest BCUT2D eigenvalue weighted by Crippen LogP contribution is -2.43. The highest BCUT2D eigenvalue weighted by Gasteiger charge is 2.23. The van der Waals surface area contributed by atoms with E-state index in [1.165, 1.54) is 0 Å². The first-order valence-electron chi connectivity index (χ1n) is 7.21. The number of hydrogen-bond donors (Lipinski definition) is 2. The van der Waals surface area contributed by atoms with Gasteiger partial charge in [-0.2, -0.15) is 0 Å². The van der Waals surface area contributed by atoms with Crippen molar-refractivity contribution >= 4 is 5.91 Å². The van der Waals surface area contributed by atoms with Crippen LogP contribution >= 0.6 is 0 Å². The number of nitrogens with two attached hydrogens (primary N) is 1. The van der Waals surface area contributed by atoms with Crippen LogP contribution in [0.25, 0.3) is 0 Å². The van der Waals surface area contributed by atoms with Gasteiger partial charge in [0.2, 0.25) is 5.91 Å². The lowest BCUT2D eigenvalue weighted by molar-refractivity contribution is -0.123. The van der Waals surface area contributed by atoms with Crippen molar-refractivity contribution in [1.29, 1.82) is 0 Å². The smallest absolute Gasteiger partial charge is 0.237 e. The van der Waals surface area contributed by atoms with Gasteiger partial charge in [-0.3, -0.25) is 4.79 Å². The zero-order chi connectivity index (χ0) is 15.2. The monoisotopic (exact) mass is 286 g/mol. The third-order valence-corrected chi connectivity index (χ3v) is 3.47. The van der Waals surface area contributed by atoms with Gasteiger partial charge in [0.1, 0.15) is 11.9 Å². The second kappa shape index (κ2) is 7.04. The van der Waals surface area contributed by atoms with Gasteiger partial charge in [0.25, 0.3) is 0 Å². The summed E-state index contributed by atoms with van der Waals surface area (Å²) in [6.07, 6.45) is 5.15. The molecule has 0 fully saturated rings. The molecule has 1 heterocycles.